The molecule has 0 aliphatic heterocycles. The summed E-state index contributed by atoms with van der Waals surface area (Å²) in [4.78, 5) is 40.3. The first-order valence-corrected chi connectivity index (χ1v) is 12.5. The van der Waals surface area contributed by atoms with Gasteiger partial charge in [0.25, 0.3) is 5.56 Å². The fraction of sp³-hybridized carbons (Fsp3) is 0.185. The summed E-state index contributed by atoms with van der Waals surface area (Å²) in [6.45, 7) is 3.87. The van der Waals surface area contributed by atoms with Crippen LogP contribution < -0.4 is 10.3 Å². The largest absolute Gasteiger partial charge is 0.481 e. The minimum absolute atomic E-state index is 0.0295. The molecule has 0 radical (unpaired) electrons. The summed E-state index contributed by atoms with van der Waals surface area (Å²) in [5.74, 6) is -0.701. The Bertz CT molecular complexity index is 1610. The second-order valence-corrected chi connectivity index (χ2v) is 9.46. The number of benzene rings is 3. The maximum Gasteiger partial charge on any atom is 0.335 e. The molecule has 1 heterocycles. The van der Waals surface area contributed by atoms with Crippen LogP contribution in [0.2, 0.25) is 0 Å². The fourth-order valence-electron chi connectivity index (χ4n) is 3.74. The van der Waals surface area contributed by atoms with Gasteiger partial charge in [-0.05, 0) is 48.4 Å². The Kier molecular flexibility index (Phi) is 7.96. The smallest absolute Gasteiger partial charge is 0.335 e. The van der Waals surface area contributed by atoms with Gasteiger partial charge in [0, 0.05) is 22.0 Å². The van der Waals surface area contributed by atoms with Crippen molar-refractivity contribution in [1.29, 1.82) is 0 Å². The van der Waals surface area contributed by atoms with Crippen molar-refractivity contribution < 1.29 is 19.6 Å². The molecule has 3 aromatic carbocycles. The summed E-state index contributed by atoms with van der Waals surface area (Å²) in [6.07, 6.45) is 2.06. The van der Waals surface area contributed by atoms with Gasteiger partial charge in [-0.25, -0.2) is 9.78 Å². The lowest BCUT2D eigenvalue weighted by Gasteiger charge is -2.14. The number of carbonyl (C=O) groups is 1. The number of nitrogens with zero attached hydrogens (tertiary/aromatic N) is 4. The second kappa shape index (κ2) is 11.3. The van der Waals surface area contributed by atoms with Gasteiger partial charge in [0.2, 0.25) is 5.75 Å². The zero-order chi connectivity index (χ0) is 27.4. The molecule has 0 amide bonds. The number of hydrogen-bond donors (Lipinski definition) is 1. The maximum absolute atomic E-state index is 13.4. The molecule has 1 N–H and O–H groups in total. The second-order valence-electron chi connectivity index (χ2n) is 8.55. The molecule has 0 fully saturated rings. The molecule has 0 spiro atoms. The van der Waals surface area contributed by atoms with E-state index in [1.807, 2.05) is 19.9 Å². The average Bonchev–Trinajstić information content (AvgIpc) is 2.91. The molecule has 4 aromatic rings. The number of carboxylic acids is 1. The Labute approximate surface area is 225 Å². The van der Waals surface area contributed by atoms with E-state index in [9.17, 15) is 19.7 Å². The first kappa shape index (κ1) is 26.7. The highest BCUT2D eigenvalue weighted by Crippen LogP contribution is 2.31. The van der Waals surface area contributed by atoms with Gasteiger partial charge in [0.05, 0.1) is 27.6 Å². The number of carboxylic acid groups (broad SMARTS) is 1. The molecular formula is C27H23BrN4O6. The number of aromatic carboxylic acids is 1. The number of nitro benzene ring substituents is 1. The van der Waals surface area contributed by atoms with E-state index in [1.54, 1.807) is 30.3 Å². The standard InChI is InChI=1S/C27H23BrN4O6/c1-3-16(2)25-30-22-12-11-20(28)13-21(22)26(33)31(25)29-14-19-5-4-6-23(32(36)37)24(19)38-15-17-7-9-18(10-8-17)27(34)35/h4-14,16H,3,15H2,1-2H3,(H,34,35)/t16-/m1/s1. The van der Waals surface area contributed by atoms with Crippen molar-refractivity contribution in [3.8, 4) is 5.75 Å². The van der Waals surface area contributed by atoms with E-state index in [1.165, 1.54) is 35.2 Å². The molecule has 194 valence electrons. The van der Waals surface area contributed by atoms with Crippen molar-refractivity contribution in [1.82, 2.24) is 9.66 Å². The minimum Gasteiger partial charge on any atom is -0.481 e. The number of para-hydroxylation sites is 1. The zero-order valence-electron chi connectivity index (χ0n) is 20.5. The number of rotatable bonds is 9. The van der Waals surface area contributed by atoms with Gasteiger partial charge in [-0.3, -0.25) is 14.9 Å². The summed E-state index contributed by atoms with van der Waals surface area (Å²) >= 11 is 3.38. The predicted molar refractivity (Wildman–Crippen MR) is 146 cm³/mol. The van der Waals surface area contributed by atoms with Gasteiger partial charge in [-0.1, -0.05) is 48.0 Å². The summed E-state index contributed by atoms with van der Waals surface area (Å²) in [5.41, 5.74) is 0.938. The lowest BCUT2D eigenvalue weighted by molar-refractivity contribution is -0.385. The number of ether oxygens (including phenoxy) is 1. The van der Waals surface area contributed by atoms with E-state index in [0.717, 1.165) is 10.9 Å². The van der Waals surface area contributed by atoms with Gasteiger partial charge < -0.3 is 9.84 Å². The minimum atomic E-state index is -1.06. The van der Waals surface area contributed by atoms with E-state index < -0.39 is 10.9 Å². The number of aromatic nitrogens is 2. The molecule has 4 rings (SSSR count). The molecule has 1 aromatic heterocycles. The molecule has 0 saturated heterocycles. The maximum atomic E-state index is 13.4. The van der Waals surface area contributed by atoms with Crippen LogP contribution >= 0.6 is 15.9 Å². The van der Waals surface area contributed by atoms with Crippen molar-refractivity contribution in [2.45, 2.75) is 32.8 Å². The Hall–Kier alpha value is -4.38. The Balaban J connectivity index is 1.76. The van der Waals surface area contributed by atoms with Crippen LogP contribution in [0.4, 0.5) is 5.69 Å². The normalized spacial score (nSPS) is 12.1. The highest BCUT2D eigenvalue weighted by Gasteiger charge is 2.20. The third-order valence-corrected chi connectivity index (χ3v) is 6.50. The van der Waals surface area contributed by atoms with Crippen LogP contribution in [0.1, 0.15) is 53.5 Å². The summed E-state index contributed by atoms with van der Waals surface area (Å²) in [5, 5.41) is 25.6. The first-order chi connectivity index (χ1) is 18.2. The van der Waals surface area contributed by atoms with Crippen molar-refractivity contribution in [3.63, 3.8) is 0 Å². The van der Waals surface area contributed by atoms with Gasteiger partial charge in [0.1, 0.15) is 12.4 Å². The number of hydrogen-bond acceptors (Lipinski definition) is 7. The molecule has 0 saturated carbocycles. The van der Waals surface area contributed by atoms with E-state index >= 15 is 0 Å². The molecular weight excluding hydrogens is 556 g/mol. The lowest BCUT2D eigenvalue weighted by atomic mass is 10.1. The van der Waals surface area contributed by atoms with Crippen molar-refractivity contribution in [2.24, 2.45) is 5.10 Å². The van der Waals surface area contributed by atoms with Crippen molar-refractivity contribution in [3.05, 3.63) is 108 Å². The summed E-state index contributed by atoms with van der Waals surface area (Å²) in [7, 11) is 0. The van der Waals surface area contributed by atoms with Crippen LogP contribution in [0.3, 0.4) is 0 Å². The molecule has 0 unspecified atom stereocenters. The molecule has 10 nitrogen and oxygen atoms in total. The van der Waals surface area contributed by atoms with Crippen molar-refractivity contribution >= 4 is 44.7 Å². The molecule has 0 aliphatic carbocycles. The molecule has 0 aliphatic rings. The van der Waals surface area contributed by atoms with E-state index in [4.69, 9.17) is 9.84 Å². The Morgan fingerprint density at radius 3 is 2.63 bits per heavy atom. The van der Waals surface area contributed by atoms with Crippen LogP contribution in [-0.2, 0) is 6.61 Å². The average molecular weight is 579 g/mol. The Morgan fingerprint density at radius 1 is 1.24 bits per heavy atom. The molecule has 0 bridgehead atoms. The lowest BCUT2D eigenvalue weighted by Crippen LogP contribution is -2.23. The van der Waals surface area contributed by atoms with Gasteiger partial charge in [-0.2, -0.15) is 9.78 Å². The quantitative estimate of drug-likeness (QED) is 0.152. The van der Waals surface area contributed by atoms with Crippen LogP contribution in [-0.4, -0.2) is 31.9 Å². The van der Waals surface area contributed by atoms with E-state index in [0.29, 0.717) is 22.3 Å². The van der Waals surface area contributed by atoms with Crippen LogP contribution in [0.5, 0.6) is 5.75 Å². The SMILES string of the molecule is CC[C@@H](C)c1nc2ccc(Br)cc2c(=O)n1N=Cc1cccc([N+](=O)[O-])c1OCc1ccc(C(=O)O)cc1. The van der Waals surface area contributed by atoms with E-state index in [-0.39, 0.29) is 40.6 Å². The summed E-state index contributed by atoms with van der Waals surface area (Å²) in [6, 6.07) is 15.7. The third kappa shape index (κ3) is 5.62. The fourth-order valence-corrected chi connectivity index (χ4v) is 4.10. The van der Waals surface area contributed by atoms with Crippen LogP contribution in [0, 0.1) is 10.1 Å². The number of nitro groups is 1. The highest BCUT2D eigenvalue weighted by atomic mass is 79.9. The van der Waals surface area contributed by atoms with Gasteiger partial charge >= 0.3 is 11.7 Å². The van der Waals surface area contributed by atoms with E-state index in [2.05, 4.69) is 26.0 Å². The van der Waals surface area contributed by atoms with Crippen LogP contribution in [0.25, 0.3) is 10.9 Å². The van der Waals surface area contributed by atoms with Gasteiger partial charge in [0.15, 0.2) is 0 Å². The Morgan fingerprint density at radius 2 is 1.97 bits per heavy atom. The highest BCUT2D eigenvalue weighted by molar-refractivity contribution is 9.10. The first-order valence-electron chi connectivity index (χ1n) is 11.7. The van der Waals surface area contributed by atoms with Gasteiger partial charge in [-0.15, -0.1) is 0 Å². The van der Waals surface area contributed by atoms with Crippen LogP contribution in [0.15, 0.2) is 75.0 Å². The summed E-state index contributed by atoms with van der Waals surface area (Å²) < 4.78 is 7.77. The number of fused-ring (bicyclic) bond motifs is 1. The molecule has 38 heavy (non-hydrogen) atoms. The van der Waals surface area contributed by atoms with Crippen molar-refractivity contribution in [2.75, 3.05) is 0 Å². The predicted octanol–water partition coefficient (Wildman–Crippen LogP) is 5.74. The topological polar surface area (TPSA) is 137 Å². The monoisotopic (exact) mass is 578 g/mol. The molecule has 11 heteroatoms. The molecule has 1 atom stereocenters. The third-order valence-electron chi connectivity index (χ3n) is 6.00. The number of halogens is 1. The zero-order valence-corrected chi connectivity index (χ0v) is 22.1.